The van der Waals surface area contributed by atoms with E-state index in [1.165, 1.54) is 27.8 Å². The molecule has 0 saturated carbocycles. The van der Waals surface area contributed by atoms with E-state index in [0.29, 0.717) is 18.5 Å². The van der Waals surface area contributed by atoms with Crippen molar-refractivity contribution in [2.75, 3.05) is 39.3 Å². The second-order valence-corrected chi connectivity index (χ2v) is 9.73. The second kappa shape index (κ2) is 9.54. The summed E-state index contributed by atoms with van der Waals surface area (Å²) in [5.74, 6) is 0.825. The van der Waals surface area contributed by atoms with Gasteiger partial charge in [0, 0.05) is 45.3 Å². The number of piperazine rings is 1. The molecule has 0 spiro atoms. The molecule has 1 saturated heterocycles. The molecule has 2 aromatic carbocycles. The normalized spacial score (nSPS) is 17.9. The van der Waals surface area contributed by atoms with Gasteiger partial charge in [-0.05, 0) is 54.0 Å². The largest absolute Gasteiger partial charge is 0.339 e. The van der Waals surface area contributed by atoms with Crippen LogP contribution in [-0.2, 0) is 17.8 Å². The first-order chi connectivity index (χ1) is 14.9. The topological polar surface area (TPSA) is 26.8 Å². The average Bonchev–Trinajstić information content (AvgIpc) is 2.78. The SMILES string of the molecule is CC(C)c1cccc(-c2ccc3c(c2)CCN(CC(=O)N2CCN(C(C)C)CC2)C3)c1. The van der Waals surface area contributed by atoms with Crippen LogP contribution in [0, 0.1) is 0 Å². The molecule has 1 amide bonds. The first-order valence-corrected chi connectivity index (χ1v) is 11.9. The van der Waals surface area contributed by atoms with E-state index in [1.807, 2.05) is 0 Å². The minimum absolute atomic E-state index is 0.286. The Labute approximate surface area is 187 Å². The fourth-order valence-corrected chi connectivity index (χ4v) is 4.78. The zero-order chi connectivity index (χ0) is 22.0. The lowest BCUT2D eigenvalue weighted by molar-refractivity contribution is -0.134. The van der Waals surface area contributed by atoms with Gasteiger partial charge in [0.1, 0.15) is 0 Å². The maximum atomic E-state index is 12.8. The molecule has 0 N–H and O–H groups in total. The zero-order valence-corrected chi connectivity index (χ0v) is 19.6. The maximum absolute atomic E-state index is 12.8. The molecule has 4 rings (SSSR count). The van der Waals surface area contributed by atoms with Crippen molar-refractivity contribution in [3.05, 3.63) is 59.2 Å². The van der Waals surface area contributed by atoms with E-state index in [-0.39, 0.29) is 5.91 Å². The van der Waals surface area contributed by atoms with Gasteiger partial charge in [0.15, 0.2) is 0 Å². The number of benzene rings is 2. The third kappa shape index (κ3) is 5.19. The predicted octanol–water partition coefficient (Wildman–Crippen LogP) is 4.39. The number of amides is 1. The molecular formula is C27H37N3O. The van der Waals surface area contributed by atoms with Crippen LogP contribution in [0.2, 0.25) is 0 Å². The van der Waals surface area contributed by atoms with E-state index in [9.17, 15) is 4.79 Å². The first kappa shape index (κ1) is 22.0. The molecule has 2 aromatic rings. The molecular weight excluding hydrogens is 382 g/mol. The van der Waals surface area contributed by atoms with Crippen molar-refractivity contribution in [1.82, 2.24) is 14.7 Å². The van der Waals surface area contributed by atoms with Crippen LogP contribution in [0.25, 0.3) is 11.1 Å². The maximum Gasteiger partial charge on any atom is 0.236 e. The smallest absolute Gasteiger partial charge is 0.236 e. The number of carbonyl (C=O) groups is 1. The summed E-state index contributed by atoms with van der Waals surface area (Å²) in [6.45, 7) is 15.0. The Kier molecular flexibility index (Phi) is 6.78. The standard InChI is InChI=1S/C27H37N3O/c1-20(2)22-6-5-7-23(16-22)24-8-9-26-18-28(11-10-25(26)17-24)19-27(31)30-14-12-29(13-15-30)21(3)4/h5-9,16-17,20-21H,10-15,18-19H2,1-4H3. The van der Waals surface area contributed by atoms with E-state index in [0.717, 1.165) is 45.7 Å². The summed E-state index contributed by atoms with van der Waals surface area (Å²) in [5, 5.41) is 0. The molecule has 0 aromatic heterocycles. The van der Waals surface area contributed by atoms with Crippen molar-refractivity contribution in [2.45, 2.75) is 52.6 Å². The van der Waals surface area contributed by atoms with E-state index in [4.69, 9.17) is 0 Å². The Balaban J connectivity index is 1.37. The van der Waals surface area contributed by atoms with Crippen molar-refractivity contribution in [2.24, 2.45) is 0 Å². The molecule has 0 atom stereocenters. The summed E-state index contributed by atoms with van der Waals surface area (Å²) >= 11 is 0. The summed E-state index contributed by atoms with van der Waals surface area (Å²) in [6.07, 6.45) is 1.02. The number of hydrogen-bond donors (Lipinski definition) is 0. The summed E-state index contributed by atoms with van der Waals surface area (Å²) in [4.78, 5) is 19.7. The summed E-state index contributed by atoms with van der Waals surface area (Å²) in [7, 11) is 0. The van der Waals surface area contributed by atoms with Crippen molar-refractivity contribution in [1.29, 1.82) is 0 Å². The first-order valence-electron chi connectivity index (χ1n) is 11.9. The molecule has 2 aliphatic rings. The van der Waals surface area contributed by atoms with Crippen LogP contribution < -0.4 is 0 Å². The van der Waals surface area contributed by atoms with Crippen LogP contribution in [0.5, 0.6) is 0 Å². The predicted molar refractivity (Wildman–Crippen MR) is 128 cm³/mol. The molecule has 2 aliphatic heterocycles. The van der Waals surface area contributed by atoms with Gasteiger partial charge in [0.05, 0.1) is 6.54 Å². The van der Waals surface area contributed by atoms with E-state index >= 15 is 0 Å². The van der Waals surface area contributed by atoms with Crippen molar-refractivity contribution >= 4 is 5.91 Å². The third-order valence-corrected chi connectivity index (χ3v) is 6.94. The highest BCUT2D eigenvalue weighted by molar-refractivity contribution is 5.78. The molecule has 4 nitrogen and oxygen atoms in total. The van der Waals surface area contributed by atoms with Crippen LogP contribution in [-0.4, -0.2) is 65.9 Å². The van der Waals surface area contributed by atoms with Gasteiger partial charge in [-0.1, -0.05) is 56.3 Å². The quantitative estimate of drug-likeness (QED) is 0.719. The number of hydrogen-bond acceptors (Lipinski definition) is 3. The van der Waals surface area contributed by atoms with Crippen LogP contribution in [0.15, 0.2) is 42.5 Å². The van der Waals surface area contributed by atoms with Gasteiger partial charge in [0.2, 0.25) is 5.91 Å². The number of fused-ring (bicyclic) bond motifs is 1. The lowest BCUT2D eigenvalue weighted by Gasteiger charge is -2.38. The van der Waals surface area contributed by atoms with Crippen molar-refractivity contribution in [3.8, 4) is 11.1 Å². The lowest BCUT2D eigenvalue weighted by Crippen LogP contribution is -2.53. The summed E-state index contributed by atoms with van der Waals surface area (Å²) < 4.78 is 0. The molecule has 0 unspecified atom stereocenters. The molecule has 31 heavy (non-hydrogen) atoms. The van der Waals surface area contributed by atoms with Crippen LogP contribution >= 0.6 is 0 Å². The Morgan fingerprint density at radius 3 is 2.32 bits per heavy atom. The third-order valence-electron chi connectivity index (χ3n) is 6.94. The summed E-state index contributed by atoms with van der Waals surface area (Å²) in [6, 6.07) is 16.3. The van der Waals surface area contributed by atoms with E-state index in [1.54, 1.807) is 0 Å². The van der Waals surface area contributed by atoms with Crippen LogP contribution in [0.4, 0.5) is 0 Å². The lowest BCUT2D eigenvalue weighted by atomic mass is 9.92. The summed E-state index contributed by atoms with van der Waals surface area (Å²) in [5.41, 5.74) is 6.78. The molecule has 0 bridgehead atoms. The monoisotopic (exact) mass is 419 g/mol. The Bertz CT molecular complexity index is 912. The Hall–Kier alpha value is -2.17. The second-order valence-electron chi connectivity index (χ2n) is 9.73. The van der Waals surface area contributed by atoms with Gasteiger partial charge in [0.25, 0.3) is 0 Å². The average molecular weight is 420 g/mol. The van der Waals surface area contributed by atoms with E-state index in [2.05, 4.69) is 84.9 Å². The van der Waals surface area contributed by atoms with Crippen LogP contribution in [0.1, 0.15) is 50.3 Å². The van der Waals surface area contributed by atoms with Gasteiger partial charge < -0.3 is 4.90 Å². The molecule has 0 radical (unpaired) electrons. The van der Waals surface area contributed by atoms with Gasteiger partial charge in [-0.15, -0.1) is 0 Å². The zero-order valence-electron chi connectivity index (χ0n) is 19.6. The van der Waals surface area contributed by atoms with Crippen molar-refractivity contribution < 1.29 is 4.79 Å². The highest BCUT2D eigenvalue weighted by Gasteiger charge is 2.25. The van der Waals surface area contributed by atoms with Gasteiger partial charge in [-0.3, -0.25) is 14.6 Å². The minimum Gasteiger partial charge on any atom is -0.339 e. The molecule has 0 aliphatic carbocycles. The number of carbonyl (C=O) groups excluding carboxylic acids is 1. The highest BCUT2D eigenvalue weighted by Crippen LogP contribution is 2.28. The minimum atomic E-state index is 0.286. The fourth-order valence-electron chi connectivity index (χ4n) is 4.78. The Morgan fingerprint density at radius 2 is 1.61 bits per heavy atom. The molecule has 1 fully saturated rings. The van der Waals surface area contributed by atoms with Gasteiger partial charge in [-0.25, -0.2) is 0 Å². The van der Waals surface area contributed by atoms with E-state index < -0.39 is 0 Å². The number of rotatable bonds is 5. The van der Waals surface area contributed by atoms with Crippen molar-refractivity contribution in [3.63, 3.8) is 0 Å². The van der Waals surface area contributed by atoms with Gasteiger partial charge >= 0.3 is 0 Å². The van der Waals surface area contributed by atoms with Crippen LogP contribution in [0.3, 0.4) is 0 Å². The Morgan fingerprint density at radius 1 is 0.871 bits per heavy atom. The fraction of sp³-hybridized carbons (Fsp3) is 0.519. The molecule has 4 heteroatoms. The van der Waals surface area contributed by atoms with Gasteiger partial charge in [-0.2, -0.15) is 0 Å². The molecule has 166 valence electrons. The molecule has 2 heterocycles. The highest BCUT2D eigenvalue weighted by atomic mass is 16.2. The number of nitrogens with zero attached hydrogens (tertiary/aromatic N) is 3.